The van der Waals surface area contributed by atoms with Crippen molar-refractivity contribution in [3.8, 4) is 11.5 Å². The van der Waals surface area contributed by atoms with E-state index in [1.807, 2.05) is 0 Å². The van der Waals surface area contributed by atoms with Crippen LogP contribution in [0, 0.1) is 11.5 Å². The maximum atomic E-state index is 3.67. The molecule has 1 saturated carbocycles. The zero-order chi connectivity index (χ0) is 14.5. The third-order valence-corrected chi connectivity index (χ3v) is 5.00. The molecule has 0 heterocycles. The number of benzene rings is 2. The van der Waals surface area contributed by atoms with Gasteiger partial charge in [-0.05, 0) is 24.0 Å². The lowest BCUT2D eigenvalue weighted by atomic mass is 9.61. The van der Waals surface area contributed by atoms with Gasteiger partial charge in [0.25, 0.3) is 0 Å². The summed E-state index contributed by atoms with van der Waals surface area (Å²) in [6.07, 6.45) is 5.03. The van der Waals surface area contributed by atoms with Crippen LogP contribution in [0.15, 0.2) is 60.7 Å². The first-order valence-corrected chi connectivity index (χ1v) is 8.91. The molecular weight excluding hydrogens is 268 g/mol. The molecule has 3 rings (SSSR count). The van der Waals surface area contributed by atoms with E-state index in [2.05, 4.69) is 72.1 Å². The van der Waals surface area contributed by atoms with E-state index in [0.29, 0.717) is 5.92 Å². The van der Waals surface area contributed by atoms with Crippen LogP contribution in [-0.2, 0) is 5.41 Å². The van der Waals surface area contributed by atoms with Gasteiger partial charge in [0.05, 0.1) is 15.7 Å². The minimum Gasteiger partial charge on any atom is -0.143 e. The summed E-state index contributed by atoms with van der Waals surface area (Å²) in [4.78, 5) is 0. The van der Waals surface area contributed by atoms with Crippen LogP contribution < -0.4 is 0 Å². The van der Waals surface area contributed by atoms with Gasteiger partial charge in [-0.2, -0.15) is 0 Å². The predicted molar refractivity (Wildman–Crippen MR) is 93.5 cm³/mol. The number of hydrogen-bond acceptors (Lipinski definition) is 0. The second-order valence-electron chi connectivity index (χ2n) is 5.92. The number of hydrogen-bond donors (Lipinski definition) is 0. The molecule has 0 aliphatic heterocycles. The third kappa shape index (κ3) is 2.69. The standard InChI is InChI=1S/C20H22Si/c21-16-15-20(18-11-5-2-6-12-18)14-8-7-13-19(20)17-9-3-1-4-10-17/h1-6,9-12,19H,7-8,13-14H2,21H3. The summed E-state index contributed by atoms with van der Waals surface area (Å²) < 4.78 is 0. The Bertz CT molecular complexity index is 636. The summed E-state index contributed by atoms with van der Waals surface area (Å²) in [5, 5.41) is 0. The molecule has 2 unspecified atom stereocenters. The van der Waals surface area contributed by atoms with Gasteiger partial charge in [0, 0.05) is 5.92 Å². The molecule has 21 heavy (non-hydrogen) atoms. The van der Waals surface area contributed by atoms with Gasteiger partial charge in [0.15, 0.2) is 0 Å². The van der Waals surface area contributed by atoms with Gasteiger partial charge in [0.1, 0.15) is 0 Å². The first-order chi connectivity index (χ1) is 10.4. The Kier molecular flexibility index (Phi) is 4.27. The van der Waals surface area contributed by atoms with Crippen molar-refractivity contribution in [2.75, 3.05) is 0 Å². The maximum Gasteiger partial charge on any atom is 0.0906 e. The molecule has 2 aromatic carbocycles. The van der Waals surface area contributed by atoms with Gasteiger partial charge in [-0.15, -0.1) is 5.54 Å². The van der Waals surface area contributed by atoms with E-state index in [-0.39, 0.29) is 5.41 Å². The smallest absolute Gasteiger partial charge is 0.0906 e. The van der Waals surface area contributed by atoms with Gasteiger partial charge in [0.2, 0.25) is 0 Å². The molecule has 106 valence electrons. The topological polar surface area (TPSA) is 0 Å². The van der Waals surface area contributed by atoms with Gasteiger partial charge in [-0.3, -0.25) is 0 Å². The van der Waals surface area contributed by atoms with Gasteiger partial charge in [-0.1, -0.05) is 79.4 Å². The van der Waals surface area contributed by atoms with Crippen LogP contribution in [0.2, 0.25) is 0 Å². The van der Waals surface area contributed by atoms with Crippen molar-refractivity contribution in [3.63, 3.8) is 0 Å². The van der Waals surface area contributed by atoms with Crippen LogP contribution in [0.1, 0.15) is 42.7 Å². The van der Waals surface area contributed by atoms with E-state index in [9.17, 15) is 0 Å². The molecule has 0 spiro atoms. The fourth-order valence-corrected chi connectivity index (χ4v) is 4.28. The van der Waals surface area contributed by atoms with Crippen molar-refractivity contribution in [1.29, 1.82) is 0 Å². The van der Waals surface area contributed by atoms with Crippen molar-refractivity contribution < 1.29 is 0 Å². The maximum absolute atomic E-state index is 3.67. The Labute approximate surface area is 131 Å². The fourth-order valence-electron chi connectivity index (χ4n) is 3.84. The first-order valence-electron chi connectivity index (χ1n) is 7.91. The third-order valence-electron chi connectivity index (χ3n) is 4.75. The molecule has 1 aliphatic carbocycles. The monoisotopic (exact) mass is 290 g/mol. The molecule has 0 aromatic heterocycles. The lowest BCUT2D eigenvalue weighted by Gasteiger charge is -2.41. The molecule has 1 fully saturated rings. The van der Waals surface area contributed by atoms with Crippen LogP contribution in [0.5, 0.6) is 0 Å². The SMILES string of the molecule is [SiH3]C#CC1(c2ccccc2)CCCCC1c1ccccc1. The molecule has 1 aliphatic rings. The molecule has 0 N–H and O–H groups in total. The molecule has 1 heteroatoms. The minimum atomic E-state index is 0.0165. The molecule has 0 bridgehead atoms. The lowest BCUT2D eigenvalue weighted by Crippen LogP contribution is -2.35. The molecular formula is C20H22Si. The van der Waals surface area contributed by atoms with E-state index in [1.54, 1.807) is 0 Å². The molecule has 2 aromatic rings. The Morgan fingerprint density at radius 1 is 0.905 bits per heavy atom. The summed E-state index contributed by atoms with van der Waals surface area (Å²) in [6.45, 7) is 0. The second kappa shape index (κ2) is 6.33. The first kappa shape index (κ1) is 14.2. The van der Waals surface area contributed by atoms with Crippen LogP contribution in [0.25, 0.3) is 0 Å². The molecule has 0 radical (unpaired) electrons. The predicted octanol–water partition coefficient (Wildman–Crippen LogP) is 3.61. The summed E-state index contributed by atoms with van der Waals surface area (Å²) in [7, 11) is 0.949. The fraction of sp³-hybridized carbons (Fsp3) is 0.300. The number of rotatable bonds is 2. The summed E-state index contributed by atoms with van der Waals surface area (Å²) in [5.74, 6) is 4.20. The van der Waals surface area contributed by atoms with Crippen LogP contribution in [0.4, 0.5) is 0 Å². The van der Waals surface area contributed by atoms with Crippen LogP contribution in [0.3, 0.4) is 0 Å². The summed E-state index contributed by atoms with van der Waals surface area (Å²) in [5.41, 5.74) is 6.24. The molecule has 0 saturated heterocycles. The molecule has 0 amide bonds. The zero-order valence-corrected chi connectivity index (χ0v) is 14.7. The highest BCUT2D eigenvalue weighted by Gasteiger charge is 2.41. The quantitative estimate of drug-likeness (QED) is 0.585. The van der Waals surface area contributed by atoms with E-state index in [0.717, 1.165) is 10.2 Å². The largest absolute Gasteiger partial charge is 0.143 e. The highest BCUT2D eigenvalue weighted by atomic mass is 28.1. The van der Waals surface area contributed by atoms with Gasteiger partial charge < -0.3 is 0 Å². The van der Waals surface area contributed by atoms with Crippen molar-refractivity contribution in [2.24, 2.45) is 0 Å². The van der Waals surface area contributed by atoms with E-state index < -0.39 is 0 Å². The lowest BCUT2D eigenvalue weighted by molar-refractivity contribution is 0.316. The normalized spacial score (nSPS) is 25.0. The second-order valence-corrected chi connectivity index (χ2v) is 6.42. The van der Waals surface area contributed by atoms with Crippen molar-refractivity contribution >= 4 is 10.2 Å². The van der Waals surface area contributed by atoms with Crippen LogP contribution in [-0.4, -0.2) is 10.2 Å². The van der Waals surface area contributed by atoms with E-state index in [4.69, 9.17) is 0 Å². The Morgan fingerprint density at radius 3 is 2.24 bits per heavy atom. The van der Waals surface area contributed by atoms with Gasteiger partial charge in [-0.25, -0.2) is 0 Å². The van der Waals surface area contributed by atoms with E-state index >= 15 is 0 Å². The average molecular weight is 290 g/mol. The van der Waals surface area contributed by atoms with E-state index in [1.165, 1.54) is 36.8 Å². The Balaban J connectivity index is 2.13. The zero-order valence-electron chi connectivity index (χ0n) is 12.7. The molecule has 2 atom stereocenters. The summed E-state index contributed by atoms with van der Waals surface area (Å²) >= 11 is 0. The van der Waals surface area contributed by atoms with Crippen LogP contribution >= 0.6 is 0 Å². The summed E-state index contributed by atoms with van der Waals surface area (Å²) in [6, 6.07) is 21.9. The van der Waals surface area contributed by atoms with Crippen molar-refractivity contribution in [2.45, 2.75) is 37.0 Å². The Morgan fingerprint density at radius 2 is 1.57 bits per heavy atom. The average Bonchev–Trinajstić information content (AvgIpc) is 2.57. The highest BCUT2D eigenvalue weighted by molar-refractivity contribution is 6.22. The Hall–Kier alpha value is -1.78. The minimum absolute atomic E-state index is 0.0165. The molecule has 0 nitrogen and oxygen atoms in total. The van der Waals surface area contributed by atoms with Crippen molar-refractivity contribution in [1.82, 2.24) is 0 Å². The van der Waals surface area contributed by atoms with Crippen molar-refractivity contribution in [3.05, 3.63) is 71.8 Å². The van der Waals surface area contributed by atoms with Gasteiger partial charge >= 0.3 is 0 Å². The highest BCUT2D eigenvalue weighted by Crippen LogP contribution is 2.48.